The van der Waals surface area contributed by atoms with Gasteiger partial charge < -0.3 is 5.11 Å². The minimum Gasteiger partial charge on any atom is -0.386 e. The van der Waals surface area contributed by atoms with Crippen molar-refractivity contribution in [3.05, 3.63) is 11.9 Å². The zero-order chi connectivity index (χ0) is 13.2. The van der Waals surface area contributed by atoms with Gasteiger partial charge in [0.1, 0.15) is 6.10 Å². The largest absolute Gasteiger partial charge is 0.386 e. The molecule has 1 unspecified atom stereocenters. The standard InChI is InChI=1S/C14H25N3O/c1-4-9-17-12(10-15-16-17)13(18)11-5-7-14(2,3)8-6-11/h10-11,13,18H,4-9H2,1-3H3. The highest BCUT2D eigenvalue weighted by Crippen LogP contribution is 2.42. The van der Waals surface area contributed by atoms with E-state index in [9.17, 15) is 5.11 Å². The van der Waals surface area contributed by atoms with E-state index in [1.54, 1.807) is 6.20 Å². The van der Waals surface area contributed by atoms with Gasteiger partial charge in [0, 0.05) is 6.54 Å². The quantitative estimate of drug-likeness (QED) is 0.895. The molecule has 18 heavy (non-hydrogen) atoms. The lowest BCUT2D eigenvalue weighted by molar-refractivity contribution is 0.0505. The Morgan fingerprint density at radius 1 is 1.44 bits per heavy atom. The molecule has 0 aromatic carbocycles. The Kier molecular flexibility index (Phi) is 4.05. The Morgan fingerprint density at radius 3 is 2.72 bits per heavy atom. The van der Waals surface area contributed by atoms with Crippen LogP contribution in [0.15, 0.2) is 6.20 Å². The van der Waals surface area contributed by atoms with E-state index in [2.05, 4.69) is 31.1 Å². The number of hydrogen-bond acceptors (Lipinski definition) is 3. The van der Waals surface area contributed by atoms with Crippen LogP contribution in [0.3, 0.4) is 0 Å². The van der Waals surface area contributed by atoms with Gasteiger partial charge in [0.15, 0.2) is 0 Å². The fourth-order valence-corrected chi connectivity index (χ4v) is 2.86. The van der Waals surface area contributed by atoms with Gasteiger partial charge in [0.25, 0.3) is 0 Å². The highest BCUT2D eigenvalue weighted by atomic mass is 16.3. The Balaban J connectivity index is 2.03. The molecule has 1 aromatic heterocycles. The number of aryl methyl sites for hydroxylation is 1. The van der Waals surface area contributed by atoms with Crippen LogP contribution >= 0.6 is 0 Å². The number of rotatable bonds is 4. The number of aliphatic hydroxyl groups excluding tert-OH is 1. The highest BCUT2D eigenvalue weighted by Gasteiger charge is 2.32. The second-order valence-corrected chi connectivity index (χ2v) is 6.33. The van der Waals surface area contributed by atoms with Crippen LogP contribution in [0.25, 0.3) is 0 Å². The lowest BCUT2D eigenvalue weighted by atomic mass is 9.71. The van der Waals surface area contributed by atoms with Gasteiger partial charge in [-0.15, -0.1) is 5.10 Å². The van der Waals surface area contributed by atoms with Crippen LogP contribution in [0.5, 0.6) is 0 Å². The second-order valence-electron chi connectivity index (χ2n) is 6.33. The third kappa shape index (κ3) is 2.91. The van der Waals surface area contributed by atoms with E-state index < -0.39 is 6.10 Å². The van der Waals surface area contributed by atoms with Crippen molar-refractivity contribution in [1.82, 2.24) is 15.0 Å². The summed E-state index contributed by atoms with van der Waals surface area (Å²) in [6.07, 6.45) is 6.94. The first-order valence-corrected chi connectivity index (χ1v) is 7.10. The number of aromatic nitrogens is 3. The first-order chi connectivity index (χ1) is 8.53. The molecule has 0 amide bonds. The molecule has 4 nitrogen and oxygen atoms in total. The van der Waals surface area contributed by atoms with Gasteiger partial charge in [-0.2, -0.15) is 0 Å². The minimum absolute atomic E-state index is 0.368. The Hall–Kier alpha value is -0.900. The van der Waals surface area contributed by atoms with E-state index >= 15 is 0 Å². The third-order valence-corrected chi connectivity index (χ3v) is 4.22. The van der Waals surface area contributed by atoms with Crippen LogP contribution in [0.1, 0.15) is 64.7 Å². The lowest BCUT2D eigenvalue weighted by Crippen LogP contribution is -2.26. The normalized spacial score (nSPS) is 22.0. The maximum atomic E-state index is 10.5. The van der Waals surface area contributed by atoms with Crippen LogP contribution in [-0.4, -0.2) is 20.1 Å². The van der Waals surface area contributed by atoms with Crippen LogP contribution in [0.4, 0.5) is 0 Å². The topological polar surface area (TPSA) is 50.9 Å². The van der Waals surface area contributed by atoms with Crippen LogP contribution in [-0.2, 0) is 6.54 Å². The Labute approximate surface area is 109 Å². The van der Waals surface area contributed by atoms with Crippen molar-refractivity contribution in [2.45, 2.75) is 65.5 Å². The van der Waals surface area contributed by atoms with E-state index in [0.717, 1.165) is 31.5 Å². The molecule has 0 radical (unpaired) electrons. The van der Waals surface area contributed by atoms with Gasteiger partial charge in [-0.05, 0) is 43.4 Å². The average molecular weight is 251 g/mol. The molecule has 0 saturated heterocycles. The summed E-state index contributed by atoms with van der Waals surface area (Å²) in [5, 5.41) is 18.5. The monoisotopic (exact) mass is 251 g/mol. The Morgan fingerprint density at radius 2 is 2.11 bits per heavy atom. The molecular weight excluding hydrogens is 226 g/mol. The van der Waals surface area contributed by atoms with E-state index in [0.29, 0.717) is 11.3 Å². The van der Waals surface area contributed by atoms with Crippen LogP contribution in [0, 0.1) is 11.3 Å². The molecule has 102 valence electrons. The molecule has 1 fully saturated rings. The Bertz CT molecular complexity index is 376. The minimum atomic E-state index is -0.400. The van der Waals surface area contributed by atoms with Crippen molar-refractivity contribution in [1.29, 1.82) is 0 Å². The summed E-state index contributed by atoms with van der Waals surface area (Å²) in [5.41, 5.74) is 1.33. The molecule has 4 heteroatoms. The van der Waals surface area contributed by atoms with Gasteiger partial charge >= 0.3 is 0 Å². The molecule has 1 N–H and O–H groups in total. The fourth-order valence-electron chi connectivity index (χ4n) is 2.86. The smallest absolute Gasteiger partial charge is 0.100 e. The molecule has 1 saturated carbocycles. The zero-order valence-electron chi connectivity index (χ0n) is 11.8. The number of nitrogens with zero attached hydrogens (tertiary/aromatic N) is 3. The van der Waals surface area contributed by atoms with Crippen molar-refractivity contribution < 1.29 is 5.11 Å². The maximum Gasteiger partial charge on any atom is 0.100 e. The van der Waals surface area contributed by atoms with Gasteiger partial charge in [0.2, 0.25) is 0 Å². The molecule has 0 bridgehead atoms. The molecule has 1 aliphatic rings. The first-order valence-electron chi connectivity index (χ1n) is 7.10. The van der Waals surface area contributed by atoms with E-state index in [1.165, 1.54) is 12.8 Å². The third-order valence-electron chi connectivity index (χ3n) is 4.22. The molecule has 0 spiro atoms. The predicted molar refractivity (Wildman–Crippen MR) is 71.0 cm³/mol. The lowest BCUT2D eigenvalue weighted by Gasteiger charge is -2.36. The van der Waals surface area contributed by atoms with Crippen molar-refractivity contribution >= 4 is 0 Å². The summed E-state index contributed by atoms with van der Waals surface area (Å²) in [6, 6.07) is 0. The predicted octanol–water partition coefficient (Wildman–Crippen LogP) is 2.94. The SMILES string of the molecule is CCCn1nncc1C(O)C1CCC(C)(C)CC1. The average Bonchev–Trinajstić information content (AvgIpc) is 2.77. The van der Waals surface area contributed by atoms with Crippen molar-refractivity contribution in [2.24, 2.45) is 11.3 Å². The van der Waals surface area contributed by atoms with Crippen molar-refractivity contribution in [3.63, 3.8) is 0 Å². The molecule has 1 atom stereocenters. The van der Waals surface area contributed by atoms with E-state index in [4.69, 9.17) is 0 Å². The molecule has 1 aromatic rings. The summed E-state index contributed by atoms with van der Waals surface area (Å²) in [7, 11) is 0. The number of aliphatic hydroxyl groups is 1. The van der Waals surface area contributed by atoms with E-state index in [-0.39, 0.29) is 0 Å². The summed E-state index contributed by atoms with van der Waals surface area (Å²) >= 11 is 0. The summed E-state index contributed by atoms with van der Waals surface area (Å²) in [4.78, 5) is 0. The summed E-state index contributed by atoms with van der Waals surface area (Å²) < 4.78 is 1.85. The zero-order valence-corrected chi connectivity index (χ0v) is 11.8. The van der Waals surface area contributed by atoms with Crippen LogP contribution in [0.2, 0.25) is 0 Å². The first kappa shape index (κ1) is 13.5. The molecule has 1 heterocycles. The molecular formula is C14H25N3O. The second kappa shape index (κ2) is 5.39. The molecule has 2 rings (SSSR count). The number of hydrogen-bond donors (Lipinski definition) is 1. The van der Waals surface area contributed by atoms with Gasteiger partial charge in [-0.25, -0.2) is 4.68 Å². The van der Waals surface area contributed by atoms with Gasteiger partial charge in [-0.1, -0.05) is 26.0 Å². The van der Waals surface area contributed by atoms with Crippen molar-refractivity contribution in [3.8, 4) is 0 Å². The van der Waals surface area contributed by atoms with Gasteiger partial charge in [-0.3, -0.25) is 0 Å². The fraction of sp³-hybridized carbons (Fsp3) is 0.857. The highest BCUT2D eigenvalue weighted by molar-refractivity contribution is 5.02. The molecule has 1 aliphatic carbocycles. The summed E-state index contributed by atoms with van der Waals surface area (Å²) in [6.45, 7) is 7.59. The molecule has 0 aliphatic heterocycles. The van der Waals surface area contributed by atoms with Gasteiger partial charge in [0.05, 0.1) is 11.9 Å². The van der Waals surface area contributed by atoms with Crippen molar-refractivity contribution in [2.75, 3.05) is 0 Å². The van der Waals surface area contributed by atoms with E-state index in [1.807, 2.05) is 4.68 Å². The summed E-state index contributed by atoms with van der Waals surface area (Å²) in [5.74, 6) is 0.368. The maximum absolute atomic E-state index is 10.5. The van der Waals surface area contributed by atoms with Crippen LogP contribution < -0.4 is 0 Å².